The molecule has 37 heavy (non-hydrogen) atoms. The van der Waals surface area contributed by atoms with Gasteiger partial charge in [0, 0.05) is 28.9 Å². The molecule has 0 bridgehead atoms. The number of hydrogen-bond acceptors (Lipinski definition) is 7. The summed E-state index contributed by atoms with van der Waals surface area (Å²) in [7, 11) is -3.81. The van der Waals surface area contributed by atoms with Crippen LogP contribution in [0.2, 0.25) is 0 Å². The lowest BCUT2D eigenvalue weighted by molar-refractivity contribution is 0.170. The van der Waals surface area contributed by atoms with E-state index in [1.165, 1.54) is 0 Å². The monoisotopic (exact) mass is 522 g/mol. The van der Waals surface area contributed by atoms with Crippen molar-refractivity contribution in [3.8, 4) is 11.3 Å². The van der Waals surface area contributed by atoms with Gasteiger partial charge in [-0.15, -0.1) is 0 Å². The minimum Gasteiger partial charge on any atom is -0.351 e. The Hall–Kier alpha value is -2.81. The lowest BCUT2D eigenvalue weighted by atomic mass is 9.80. The number of nitrogens with one attached hydrogen (secondary N) is 2. The van der Waals surface area contributed by atoms with Crippen molar-refractivity contribution < 1.29 is 12.6 Å². The molecule has 2 heterocycles. The molecule has 1 aliphatic heterocycles. The van der Waals surface area contributed by atoms with E-state index in [0.717, 1.165) is 35.2 Å². The highest BCUT2D eigenvalue weighted by atomic mass is 32.2. The van der Waals surface area contributed by atoms with Crippen LogP contribution in [-0.2, 0) is 20.7 Å². The van der Waals surface area contributed by atoms with Crippen molar-refractivity contribution >= 4 is 16.1 Å². The van der Waals surface area contributed by atoms with Crippen LogP contribution in [0.4, 0.5) is 5.95 Å². The highest BCUT2D eigenvalue weighted by Crippen LogP contribution is 2.30. The third-order valence-electron chi connectivity index (χ3n) is 6.55. The van der Waals surface area contributed by atoms with Gasteiger partial charge in [0.1, 0.15) is 0 Å². The van der Waals surface area contributed by atoms with Crippen LogP contribution in [0.3, 0.4) is 0 Å². The van der Waals surface area contributed by atoms with E-state index in [2.05, 4.69) is 43.3 Å². The van der Waals surface area contributed by atoms with Crippen LogP contribution in [0.5, 0.6) is 0 Å². The molecule has 1 aromatic heterocycles. The summed E-state index contributed by atoms with van der Waals surface area (Å²) in [5, 5.41) is 7.25. The van der Waals surface area contributed by atoms with Crippen LogP contribution in [0.15, 0.2) is 65.7 Å². The molecule has 0 amide bonds. The third kappa shape index (κ3) is 7.37. The molecular weight excluding hydrogens is 484 g/mol. The van der Waals surface area contributed by atoms with Crippen LogP contribution in [-0.4, -0.2) is 41.6 Å². The second kappa shape index (κ2) is 10.5. The molecule has 0 radical (unpaired) electrons. The topological polar surface area (TPSA) is 93.2 Å². The molecule has 7 nitrogen and oxygen atoms in total. The van der Waals surface area contributed by atoms with E-state index in [4.69, 9.17) is 9.17 Å². The standard InChI is InChI=1S/C29H38N4O3S/c1-20-7-13-25(14-8-20)37(34,35)36-21(2)17-22-9-11-23(12-10-22)26-15-16-30-27(32-26)31-24-18-28(3,4)33-29(5,6)19-24/h7-16,21,24,33H,17-19H2,1-6H3,(H,30,31,32). The van der Waals surface area contributed by atoms with E-state index in [0.29, 0.717) is 12.4 Å². The van der Waals surface area contributed by atoms with Gasteiger partial charge < -0.3 is 10.6 Å². The number of piperidine rings is 1. The highest BCUT2D eigenvalue weighted by molar-refractivity contribution is 7.86. The van der Waals surface area contributed by atoms with Gasteiger partial charge in [-0.05, 0) is 84.6 Å². The van der Waals surface area contributed by atoms with E-state index < -0.39 is 16.2 Å². The summed E-state index contributed by atoms with van der Waals surface area (Å²) in [6.07, 6.45) is 3.73. The van der Waals surface area contributed by atoms with Crippen LogP contribution >= 0.6 is 0 Å². The first-order valence-corrected chi connectivity index (χ1v) is 14.2. The van der Waals surface area contributed by atoms with Crippen molar-refractivity contribution in [1.29, 1.82) is 0 Å². The van der Waals surface area contributed by atoms with Gasteiger partial charge in [0.25, 0.3) is 10.1 Å². The lowest BCUT2D eigenvalue weighted by Gasteiger charge is -2.46. The molecule has 1 aliphatic rings. The van der Waals surface area contributed by atoms with Crippen LogP contribution in [0, 0.1) is 6.92 Å². The molecule has 0 aliphatic carbocycles. The fraction of sp³-hybridized carbons (Fsp3) is 0.448. The fourth-order valence-corrected chi connectivity index (χ4v) is 6.43. The minimum atomic E-state index is -3.81. The van der Waals surface area contributed by atoms with Gasteiger partial charge in [0.15, 0.2) is 0 Å². The number of aryl methyl sites for hydroxylation is 1. The van der Waals surface area contributed by atoms with Gasteiger partial charge in [0.05, 0.1) is 16.7 Å². The average Bonchev–Trinajstić information content (AvgIpc) is 2.77. The van der Waals surface area contributed by atoms with Crippen molar-refractivity contribution in [2.24, 2.45) is 0 Å². The molecular formula is C29H38N4O3S. The Bertz CT molecular complexity index is 1300. The number of anilines is 1. The predicted molar refractivity (Wildman–Crippen MR) is 148 cm³/mol. The quantitative estimate of drug-likeness (QED) is 0.377. The number of aromatic nitrogens is 2. The highest BCUT2D eigenvalue weighted by Gasteiger charge is 2.37. The minimum absolute atomic E-state index is 0.0349. The molecule has 198 valence electrons. The van der Waals surface area contributed by atoms with Gasteiger partial charge in [-0.25, -0.2) is 9.97 Å². The number of nitrogens with zero attached hydrogens (tertiary/aromatic N) is 2. The smallest absolute Gasteiger partial charge is 0.297 e. The zero-order valence-corrected chi connectivity index (χ0v) is 23.4. The lowest BCUT2D eigenvalue weighted by Crippen LogP contribution is -2.60. The van der Waals surface area contributed by atoms with Gasteiger partial charge in [-0.2, -0.15) is 8.42 Å². The van der Waals surface area contributed by atoms with E-state index in [1.807, 2.05) is 37.3 Å². The maximum Gasteiger partial charge on any atom is 0.297 e. The third-order valence-corrected chi connectivity index (χ3v) is 7.98. The van der Waals surface area contributed by atoms with Crippen molar-refractivity contribution in [3.63, 3.8) is 0 Å². The van der Waals surface area contributed by atoms with Crippen molar-refractivity contribution in [1.82, 2.24) is 15.3 Å². The molecule has 1 saturated heterocycles. The molecule has 1 atom stereocenters. The van der Waals surface area contributed by atoms with Gasteiger partial charge >= 0.3 is 0 Å². The molecule has 1 fully saturated rings. The van der Waals surface area contributed by atoms with Gasteiger partial charge in [-0.3, -0.25) is 4.18 Å². The summed E-state index contributed by atoms with van der Waals surface area (Å²) in [4.78, 5) is 9.40. The van der Waals surface area contributed by atoms with Crippen molar-refractivity contribution in [2.45, 2.75) is 88.9 Å². The Kier molecular flexibility index (Phi) is 7.74. The second-order valence-corrected chi connectivity index (χ2v) is 13.1. The molecule has 0 saturated carbocycles. The van der Waals surface area contributed by atoms with Crippen molar-refractivity contribution in [2.75, 3.05) is 5.32 Å². The average molecular weight is 523 g/mol. The molecule has 1 unspecified atom stereocenters. The maximum absolute atomic E-state index is 12.6. The molecule has 4 rings (SSSR count). The summed E-state index contributed by atoms with van der Waals surface area (Å²) >= 11 is 0. The first-order chi connectivity index (χ1) is 17.3. The van der Waals surface area contributed by atoms with Crippen molar-refractivity contribution in [3.05, 3.63) is 71.9 Å². The zero-order valence-electron chi connectivity index (χ0n) is 22.6. The van der Waals surface area contributed by atoms with Gasteiger partial charge in [-0.1, -0.05) is 42.0 Å². The SMILES string of the molecule is Cc1ccc(S(=O)(=O)OC(C)Cc2ccc(-c3ccnc(NC4CC(C)(C)NC(C)(C)C4)n3)cc2)cc1. The Morgan fingerprint density at radius 2 is 1.62 bits per heavy atom. The summed E-state index contributed by atoms with van der Waals surface area (Å²) in [5.74, 6) is 0.628. The van der Waals surface area contributed by atoms with E-state index in [9.17, 15) is 8.42 Å². The Balaban J connectivity index is 1.39. The maximum atomic E-state index is 12.6. The molecule has 2 N–H and O–H groups in total. The van der Waals surface area contributed by atoms with Gasteiger partial charge in [0.2, 0.25) is 5.95 Å². The number of rotatable bonds is 8. The van der Waals surface area contributed by atoms with Crippen LogP contribution in [0.1, 0.15) is 58.6 Å². The molecule has 8 heteroatoms. The Morgan fingerprint density at radius 3 is 2.24 bits per heavy atom. The largest absolute Gasteiger partial charge is 0.351 e. The summed E-state index contributed by atoms with van der Waals surface area (Å²) in [6.45, 7) is 12.6. The Morgan fingerprint density at radius 1 is 1.00 bits per heavy atom. The summed E-state index contributed by atoms with van der Waals surface area (Å²) in [6, 6.07) is 16.8. The first-order valence-electron chi connectivity index (χ1n) is 12.8. The van der Waals surface area contributed by atoms with Crippen LogP contribution in [0.25, 0.3) is 11.3 Å². The zero-order chi connectivity index (χ0) is 26.8. The van der Waals surface area contributed by atoms with E-state index in [-0.39, 0.29) is 22.0 Å². The predicted octanol–water partition coefficient (Wildman–Crippen LogP) is 5.51. The number of benzene rings is 2. The summed E-state index contributed by atoms with van der Waals surface area (Å²) in [5.41, 5.74) is 3.86. The van der Waals surface area contributed by atoms with E-state index >= 15 is 0 Å². The second-order valence-electron chi connectivity index (χ2n) is 11.5. The van der Waals surface area contributed by atoms with E-state index in [1.54, 1.807) is 37.4 Å². The fourth-order valence-electron chi connectivity index (χ4n) is 5.35. The number of hydrogen-bond donors (Lipinski definition) is 2. The molecule has 3 aromatic rings. The molecule has 0 spiro atoms. The summed E-state index contributed by atoms with van der Waals surface area (Å²) < 4.78 is 30.6. The first kappa shape index (κ1) is 27.2. The molecule has 2 aromatic carbocycles. The Labute approximate surface area is 221 Å². The van der Waals surface area contributed by atoms with Crippen LogP contribution < -0.4 is 10.6 Å². The normalized spacial score (nSPS) is 18.3.